The lowest BCUT2D eigenvalue weighted by Gasteiger charge is -2.02. The molecule has 0 N–H and O–H groups in total. The molecule has 0 aliphatic heterocycles. The van der Waals surface area contributed by atoms with Gasteiger partial charge in [0.05, 0.1) is 10.5 Å². The number of nitrogens with zero attached hydrogens (tertiary/aromatic N) is 4. The minimum absolute atomic E-state index is 0.0352. The van der Waals surface area contributed by atoms with Gasteiger partial charge in [-0.15, -0.1) is 0 Å². The van der Waals surface area contributed by atoms with Crippen LogP contribution >= 0.6 is 0 Å². The molecule has 0 unspecified atom stereocenters. The lowest BCUT2D eigenvalue weighted by Crippen LogP contribution is -2.08. The van der Waals surface area contributed by atoms with E-state index in [1.54, 1.807) is 0 Å². The molecule has 7 nitrogen and oxygen atoms in total. The van der Waals surface area contributed by atoms with Crippen LogP contribution in [0.25, 0.3) is 22.8 Å². The number of sulfone groups is 1. The first-order valence-corrected chi connectivity index (χ1v) is 8.70. The van der Waals surface area contributed by atoms with E-state index >= 15 is 0 Å². The summed E-state index contributed by atoms with van der Waals surface area (Å²) in [6, 6.07) is 5.56. The van der Waals surface area contributed by atoms with Crippen LogP contribution in [0.3, 0.4) is 0 Å². The van der Waals surface area contributed by atoms with Crippen LogP contribution in [0.1, 0.15) is 5.69 Å². The van der Waals surface area contributed by atoms with E-state index in [1.165, 1.54) is 31.3 Å². The Bertz CT molecular complexity index is 1020. The molecule has 0 spiro atoms. The smallest absolute Gasteiger partial charge is 0.334 e. The van der Waals surface area contributed by atoms with Crippen molar-refractivity contribution in [1.82, 2.24) is 19.9 Å². The summed E-state index contributed by atoms with van der Waals surface area (Å²) in [6.45, 7) is 0. The van der Waals surface area contributed by atoms with Crippen molar-refractivity contribution >= 4 is 9.84 Å². The zero-order valence-electron chi connectivity index (χ0n) is 12.9. The Balaban J connectivity index is 1.99. The predicted octanol–water partition coefficient (Wildman–Crippen LogP) is 2.56. The third-order valence-corrected chi connectivity index (χ3v) is 4.42. The fourth-order valence-corrected chi connectivity index (χ4v) is 2.79. The van der Waals surface area contributed by atoms with E-state index in [1.807, 2.05) is 0 Å². The highest BCUT2D eigenvalue weighted by molar-refractivity contribution is 7.90. The molecule has 0 aliphatic rings. The highest BCUT2D eigenvalue weighted by Gasteiger charge is 2.38. The van der Waals surface area contributed by atoms with Crippen molar-refractivity contribution in [2.75, 3.05) is 6.26 Å². The van der Waals surface area contributed by atoms with Gasteiger partial charge >= 0.3 is 6.18 Å². The van der Waals surface area contributed by atoms with E-state index in [2.05, 4.69) is 15.2 Å². The minimum atomic E-state index is -4.66. The van der Waals surface area contributed by atoms with Crippen molar-refractivity contribution in [3.05, 3.63) is 36.2 Å². The summed E-state index contributed by atoms with van der Waals surface area (Å²) in [7, 11) is -2.01. The van der Waals surface area contributed by atoms with Crippen molar-refractivity contribution in [2.45, 2.75) is 11.1 Å². The van der Waals surface area contributed by atoms with Crippen LogP contribution in [-0.4, -0.2) is 34.6 Å². The van der Waals surface area contributed by atoms with Crippen molar-refractivity contribution in [3.8, 4) is 22.8 Å². The maximum atomic E-state index is 13.0. The molecule has 0 aliphatic carbocycles. The van der Waals surface area contributed by atoms with E-state index in [0.717, 1.165) is 17.1 Å². The van der Waals surface area contributed by atoms with Crippen LogP contribution < -0.4 is 0 Å². The largest absolute Gasteiger partial charge is 0.435 e. The minimum Gasteiger partial charge on any atom is -0.334 e. The van der Waals surface area contributed by atoms with Crippen LogP contribution in [-0.2, 0) is 23.1 Å². The number of halogens is 3. The van der Waals surface area contributed by atoms with Gasteiger partial charge in [-0.1, -0.05) is 5.16 Å². The molecule has 3 aromatic rings. The Kier molecular flexibility index (Phi) is 3.90. The first kappa shape index (κ1) is 17.1. The number of benzene rings is 1. The number of aryl methyl sites for hydroxylation is 1. The van der Waals surface area contributed by atoms with Crippen LogP contribution in [0.15, 0.2) is 39.9 Å². The number of alkyl halides is 3. The molecule has 3 rings (SSSR count). The summed E-state index contributed by atoms with van der Waals surface area (Å²) in [6.07, 6.45) is -2.45. The van der Waals surface area contributed by atoms with Crippen molar-refractivity contribution in [3.63, 3.8) is 0 Å². The van der Waals surface area contributed by atoms with Gasteiger partial charge in [0.25, 0.3) is 5.89 Å². The maximum Gasteiger partial charge on any atom is 0.435 e. The molecule has 11 heteroatoms. The normalized spacial score (nSPS) is 12.5. The van der Waals surface area contributed by atoms with Gasteiger partial charge in [-0.25, -0.2) is 8.42 Å². The predicted molar refractivity (Wildman–Crippen MR) is 80.0 cm³/mol. The van der Waals surface area contributed by atoms with Gasteiger partial charge in [0.2, 0.25) is 5.82 Å². The van der Waals surface area contributed by atoms with Crippen LogP contribution in [0.2, 0.25) is 0 Å². The van der Waals surface area contributed by atoms with Gasteiger partial charge in [-0.3, -0.25) is 4.68 Å². The fourth-order valence-electron chi connectivity index (χ4n) is 2.16. The SMILES string of the molecule is Cn1cc(-c2noc(-c3ccc(S(C)(=O)=O)cc3)n2)c(C(F)(F)F)n1. The molecule has 0 atom stereocenters. The topological polar surface area (TPSA) is 90.9 Å². The fraction of sp³-hybridized carbons (Fsp3) is 0.214. The summed E-state index contributed by atoms with van der Waals surface area (Å²) in [5.74, 6) is -0.297. The Morgan fingerprint density at radius 1 is 1.16 bits per heavy atom. The summed E-state index contributed by atoms with van der Waals surface area (Å²) >= 11 is 0. The van der Waals surface area contributed by atoms with Gasteiger partial charge in [0.1, 0.15) is 0 Å². The number of hydrogen-bond donors (Lipinski definition) is 0. The highest BCUT2D eigenvalue weighted by Crippen LogP contribution is 2.35. The van der Waals surface area contributed by atoms with E-state index < -0.39 is 21.7 Å². The molecule has 25 heavy (non-hydrogen) atoms. The van der Waals surface area contributed by atoms with Gasteiger partial charge in [0, 0.05) is 25.1 Å². The second-order valence-electron chi connectivity index (χ2n) is 5.28. The Hall–Kier alpha value is -2.69. The van der Waals surface area contributed by atoms with Crippen LogP contribution in [0.5, 0.6) is 0 Å². The average Bonchev–Trinajstić information content (AvgIpc) is 3.12. The first-order chi connectivity index (χ1) is 11.6. The second-order valence-corrected chi connectivity index (χ2v) is 7.30. The Labute approximate surface area is 140 Å². The molecule has 2 aromatic heterocycles. The third kappa shape index (κ3) is 3.40. The zero-order chi connectivity index (χ0) is 18.4. The van der Waals surface area contributed by atoms with Crippen molar-refractivity contribution in [2.24, 2.45) is 7.05 Å². The molecule has 0 bridgehead atoms. The van der Waals surface area contributed by atoms with Crippen LogP contribution in [0.4, 0.5) is 13.2 Å². The number of hydrogen-bond acceptors (Lipinski definition) is 6. The lowest BCUT2D eigenvalue weighted by atomic mass is 10.2. The van der Waals surface area contributed by atoms with Gasteiger partial charge in [-0.2, -0.15) is 23.3 Å². The van der Waals surface area contributed by atoms with Crippen LogP contribution in [0, 0.1) is 0 Å². The average molecular weight is 372 g/mol. The van der Waals surface area contributed by atoms with Crippen molar-refractivity contribution < 1.29 is 26.1 Å². The molecular formula is C14H11F3N4O3S. The molecule has 0 fully saturated rings. The third-order valence-electron chi connectivity index (χ3n) is 3.29. The summed E-state index contributed by atoms with van der Waals surface area (Å²) in [5.41, 5.74) is -1.05. The van der Waals surface area contributed by atoms with E-state index in [0.29, 0.717) is 5.56 Å². The summed E-state index contributed by atoms with van der Waals surface area (Å²) in [4.78, 5) is 4.05. The lowest BCUT2D eigenvalue weighted by molar-refractivity contribution is -0.141. The summed E-state index contributed by atoms with van der Waals surface area (Å²) < 4.78 is 67.9. The van der Waals surface area contributed by atoms with E-state index in [-0.39, 0.29) is 22.2 Å². The molecular weight excluding hydrogens is 361 g/mol. The first-order valence-electron chi connectivity index (χ1n) is 6.81. The number of rotatable bonds is 3. The van der Waals surface area contributed by atoms with E-state index in [4.69, 9.17) is 4.52 Å². The molecule has 0 saturated carbocycles. The maximum absolute atomic E-state index is 13.0. The zero-order valence-corrected chi connectivity index (χ0v) is 13.8. The van der Waals surface area contributed by atoms with Crippen molar-refractivity contribution in [1.29, 1.82) is 0 Å². The second kappa shape index (κ2) is 5.69. The van der Waals surface area contributed by atoms with Gasteiger partial charge < -0.3 is 4.52 Å². The molecule has 2 heterocycles. The van der Waals surface area contributed by atoms with Gasteiger partial charge in [-0.05, 0) is 24.3 Å². The monoisotopic (exact) mass is 372 g/mol. The van der Waals surface area contributed by atoms with Gasteiger partial charge in [0.15, 0.2) is 15.5 Å². The molecule has 0 radical (unpaired) electrons. The van der Waals surface area contributed by atoms with E-state index in [9.17, 15) is 21.6 Å². The molecule has 0 amide bonds. The molecule has 1 aromatic carbocycles. The summed E-state index contributed by atoms with van der Waals surface area (Å²) in [5, 5.41) is 6.95. The number of aromatic nitrogens is 4. The Morgan fingerprint density at radius 3 is 2.36 bits per heavy atom. The highest BCUT2D eigenvalue weighted by atomic mass is 32.2. The Morgan fingerprint density at radius 2 is 1.80 bits per heavy atom. The quantitative estimate of drug-likeness (QED) is 0.702. The molecule has 0 saturated heterocycles. The molecule has 132 valence electrons. The standard InChI is InChI=1S/C14H11F3N4O3S/c1-21-7-10(11(19-21)14(15,16)17)12-18-13(24-20-12)8-3-5-9(6-4-8)25(2,22)23/h3-7H,1-2H3.